The third kappa shape index (κ3) is 4.20. The number of aryl methyl sites for hydroxylation is 1. The van der Waals surface area contributed by atoms with E-state index >= 15 is 0 Å². The number of hydrogen-bond donors (Lipinski definition) is 1. The predicted molar refractivity (Wildman–Crippen MR) is 121 cm³/mol. The molecule has 5 nitrogen and oxygen atoms in total. The van der Waals surface area contributed by atoms with Crippen molar-refractivity contribution in [3.8, 4) is 11.1 Å². The lowest BCUT2D eigenvalue weighted by molar-refractivity contribution is 0.412. The zero-order valence-corrected chi connectivity index (χ0v) is 17.6. The normalized spacial score (nSPS) is 21.5. The molecule has 0 saturated heterocycles. The van der Waals surface area contributed by atoms with Gasteiger partial charge in [0.15, 0.2) is 0 Å². The number of hydrogen-bond acceptors (Lipinski definition) is 3. The van der Waals surface area contributed by atoms with Crippen LogP contribution in [0.5, 0.6) is 0 Å². The molecule has 2 saturated carbocycles. The number of anilines is 1. The summed E-state index contributed by atoms with van der Waals surface area (Å²) in [6.45, 7) is 0.822. The van der Waals surface area contributed by atoms with Crippen LogP contribution in [0.1, 0.15) is 50.0 Å². The summed E-state index contributed by atoms with van der Waals surface area (Å²) >= 11 is 0. The van der Waals surface area contributed by atoms with Crippen LogP contribution in [0.25, 0.3) is 11.1 Å². The Balaban J connectivity index is 1.35. The van der Waals surface area contributed by atoms with Crippen molar-refractivity contribution < 1.29 is 0 Å². The zero-order chi connectivity index (χ0) is 20.5. The first-order valence-corrected chi connectivity index (χ1v) is 11.2. The second-order valence-electron chi connectivity index (χ2n) is 9.05. The molecule has 2 aliphatic carbocycles. The predicted octanol–water partition coefficient (Wildman–Crippen LogP) is 4.80. The van der Waals surface area contributed by atoms with E-state index in [1.165, 1.54) is 31.2 Å². The number of rotatable bonds is 6. The van der Waals surface area contributed by atoms with E-state index < -0.39 is 0 Å². The Morgan fingerprint density at radius 3 is 2.43 bits per heavy atom. The molecule has 3 aromatic rings. The highest BCUT2D eigenvalue weighted by molar-refractivity contribution is 5.65. The maximum Gasteiger partial charge on any atom is 0.273 e. The van der Waals surface area contributed by atoms with E-state index in [9.17, 15) is 4.79 Å². The van der Waals surface area contributed by atoms with Crippen LogP contribution < -0.4 is 10.9 Å². The first kappa shape index (κ1) is 19.2. The largest absolute Gasteiger partial charge is 0.378 e. The Labute approximate surface area is 177 Å². The SMILES string of the molecule is Cn1cc(-c2cc(NC3CCC(c4ccccc4)CC3)c(=O)n(CC3CC3)c2)cn1. The standard InChI is InChI=1S/C25H30N4O/c1-28-16-22(14-26-28)21-13-24(25(30)29(17-21)15-18-7-8-18)27-23-11-9-20(10-12-23)19-5-3-2-4-6-19/h2-6,13-14,16-18,20,23,27H,7-12,15H2,1H3. The number of pyridine rings is 1. The van der Waals surface area contributed by atoms with Gasteiger partial charge in [0.1, 0.15) is 5.69 Å². The highest BCUT2D eigenvalue weighted by Gasteiger charge is 2.25. The van der Waals surface area contributed by atoms with Crippen molar-refractivity contribution in [2.75, 3.05) is 5.32 Å². The molecular weight excluding hydrogens is 372 g/mol. The van der Waals surface area contributed by atoms with Crippen molar-refractivity contribution in [3.05, 3.63) is 70.9 Å². The van der Waals surface area contributed by atoms with E-state index in [1.807, 2.05) is 41.0 Å². The molecule has 5 rings (SSSR count). The molecule has 2 aromatic heterocycles. The van der Waals surface area contributed by atoms with Crippen molar-refractivity contribution in [3.63, 3.8) is 0 Å². The lowest BCUT2D eigenvalue weighted by atomic mass is 9.82. The van der Waals surface area contributed by atoms with Gasteiger partial charge in [-0.15, -0.1) is 0 Å². The molecule has 156 valence electrons. The molecule has 2 heterocycles. The van der Waals surface area contributed by atoms with E-state index in [1.54, 1.807) is 0 Å². The third-order valence-corrected chi connectivity index (χ3v) is 6.63. The molecule has 1 aromatic carbocycles. The van der Waals surface area contributed by atoms with Gasteiger partial charge in [-0.05, 0) is 62.0 Å². The van der Waals surface area contributed by atoms with Gasteiger partial charge < -0.3 is 9.88 Å². The Hall–Kier alpha value is -2.82. The first-order chi connectivity index (χ1) is 14.7. The van der Waals surface area contributed by atoms with Crippen LogP contribution in [0.15, 0.2) is 59.8 Å². The smallest absolute Gasteiger partial charge is 0.273 e. The van der Waals surface area contributed by atoms with E-state index in [2.05, 4.69) is 40.7 Å². The molecule has 0 radical (unpaired) electrons. The van der Waals surface area contributed by atoms with Crippen LogP contribution >= 0.6 is 0 Å². The van der Waals surface area contributed by atoms with Gasteiger partial charge in [-0.1, -0.05) is 30.3 Å². The summed E-state index contributed by atoms with van der Waals surface area (Å²) in [5.41, 5.74) is 4.41. The van der Waals surface area contributed by atoms with Crippen LogP contribution in [0, 0.1) is 5.92 Å². The third-order valence-electron chi connectivity index (χ3n) is 6.63. The van der Waals surface area contributed by atoms with Crippen LogP contribution in [-0.2, 0) is 13.6 Å². The van der Waals surface area contributed by atoms with E-state index in [0.29, 0.717) is 17.9 Å². The average Bonchev–Trinajstić information content (AvgIpc) is 3.49. The number of aromatic nitrogens is 3. The second kappa shape index (κ2) is 8.13. The van der Waals surface area contributed by atoms with E-state index in [-0.39, 0.29) is 5.56 Å². The van der Waals surface area contributed by atoms with Crippen molar-refractivity contribution in [2.24, 2.45) is 13.0 Å². The van der Waals surface area contributed by atoms with Gasteiger partial charge in [0.2, 0.25) is 0 Å². The minimum atomic E-state index is 0.111. The van der Waals surface area contributed by atoms with Gasteiger partial charge in [-0.2, -0.15) is 5.10 Å². The molecule has 0 atom stereocenters. The summed E-state index contributed by atoms with van der Waals surface area (Å²) < 4.78 is 3.72. The minimum absolute atomic E-state index is 0.111. The van der Waals surface area contributed by atoms with E-state index in [0.717, 1.165) is 36.2 Å². The Bertz CT molecular complexity index is 1060. The Morgan fingerprint density at radius 2 is 1.77 bits per heavy atom. The van der Waals surface area contributed by atoms with Crippen LogP contribution in [0.3, 0.4) is 0 Å². The van der Waals surface area contributed by atoms with Crippen LogP contribution in [-0.4, -0.2) is 20.4 Å². The second-order valence-corrected chi connectivity index (χ2v) is 9.05. The first-order valence-electron chi connectivity index (χ1n) is 11.2. The fourth-order valence-corrected chi connectivity index (χ4v) is 4.70. The fourth-order valence-electron chi connectivity index (χ4n) is 4.70. The molecule has 1 N–H and O–H groups in total. The Morgan fingerprint density at radius 1 is 1.00 bits per heavy atom. The summed E-state index contributed by atoms with van der Waals surface area (Å²) in [6, 6.07) is 13.2. The molecule has 2 aliphatic rings. The molecule has 0 bridgehead atoms. The molecule has 0 aliphatic heterocycles. The van der Waals surface area contributed by atoms with Gasteiger partial charge >= 0.3 is 0 Å². The van der Waals surface area contributed by atoms with Crippen LogP contribution in [0.2, 0.25) is 0 Å². The van der Waals surface area contributed by atoms with Crippen LogP contribution in [0.4, 0.5) is 5.69 Å². The summed E-state index contributed by atoms with van der Waals surface area (Å²) in [5.74, 6) is 1.29. The molecule has 0 spiro atoms. The summed E-state index contributed by atoms with van der Waals surface area (Å²) in [4.78, 5) is 13.2. The highest BCUT2D eigenvalue weighted by Crippen LogP contribution is 2.34. The minimum Gasteiger partial charge on any atom is -0.378 e. The topological polar surface area (TPSA) is 51.9 Å². The van der Waals surface area contributed by atoms with E-state index in [4.69, 9.17) is 0 Å². The zero-order valence-electron chi connectivity index (χ0n) is 17.6. The maximum absolute atomic E-state index is 13.2. The highest BCUT2D eigenvalue weighted by atomic mass is 16.1. The van der Waals surface area contributed by atoms with Crippen molar-refractivity contribution in [2.45, 2.75) is 57.0 Å². The van der Waals surface area contributed by atoms with Gasteiger partial charge in [-0.25, -0.2) is 0 Å². The fraction of sp³-hybridized carbons (Fsp3) is 0.440. The van der Waals surface area contributed by atoms with Crippen molar-refractivity contribution in [1.82, 2.24) is 14.3 Å². The number of nitrogens with one attached hydrogen (secondary N) is 1. The number of nitrogens with zero attached hydrogens (tertiary/aromatic N) is 3. The lowest BCUT2D eigenvalue weighted by Crippen LogP contribution is -2.31. The van der Waals surface area contributed by atoms with Crippen molar-refractivity contribution in [1.29, 1.82) is 0 Å². The number of benzene rings is 1. The summed E-state index contributed by atoms with van der Waals surface area (Å²) in [6.07, 6.45) is 12.9. The monoisotopic (exact) mass is 402 g/mol. The molecule has 0 unspecified atom stereocenters. The van der Waals surface area contributed by atoms with Gasteiger partial charge in [-0.3, -0.25) is 9.48 Å². The molecule has 0 amide bonds. The van der Waals surface area contributed by atoms with Gasteiger partial charge in [0.25, 0.3) is 5.56 Å². The quantitative estimate of drug-likeness (QED) is 0.644. The van der Waals surface area contributed by atoms with Gasteiger partial charge in [0.05, 0.1) is 6.20 Å². The van der Waals surface area contributed by atoms with Gasteiger partial charge in [0, 0.05) is 43.2 Å². The molecule has 2 fully saturated rings. The molecular formula is C25H30N4O. The Kier molecular flexibility index (Phi) is 5.19. The molecule has 5 heteroatoms. The van der Waals surface area contributed by atoms with Crippen molar-refractivity contribution >= 4 is 5.69 Å². The average molecular weight is 403 g/mol. The lowest BCUT2D eigenvalue weighted by Gasteiger charge is -2.30. The molecule has 30 heavy (non-hydrogen) atoms. The summed E-state index contributed by atoms with van der Waals surface area (Å²) in [7, 11) is 1.92. The maximum atomic E-state index is 13.2. The summed E-state index contributed by atoms with van der Waals surface area (Å²) in [5, 5.41) is 7.92.